The second-order valence-electron chi connectivity index (χ2n) is 5.76. The molecule has 1 aromatic heterocycles. The first-order chi connectivity index (χ1) is 11.6. The van der Waals surface area contributed by atoms with E-state index in [1.807, 2.05) is 30.3 Å². The molecule has 1 aliphatic rings. The highest BCUT2D eigenvalue weighted by atomic mass is 19.1. The molecule has 0 aliphatic carbocycles. The molecule has 0 saturated carbocycles. The third-order valence-corrected chi connectivity index (χ3v) is 4.08. The van der Waals surface area contributed by atoms with Crippen LogP contribution in [0, 0.1) is 11.2 Å². The van der Waals surface area contributed by atoms with Crippen molar-refractivity contribution in [2.24, 2.45) is 0 Å². The summed E-state index contributed by atoms with van der Waals surface area (Å²) in [6.07, 6.45) is 0. The number of aliphatic hydroxyl groups excluding tert-OH is 1. The van der Waals surface area contributed by atoms with Crippen LogP contribution in [0.4, 0.5) is 4.39 Å². The van der Waals surface area contributed by atoms with Crippen molar-refractivity contribution < 1.29 is 9.50 Å². The zero-order valence-corrected chi connectivity index (χ0v) is 12.8. The van der Waals surface area contributed by atoms with E-state index in [0.717, 1.165) is 5.56 Å². The summed E-state index contributed by atoms with van der Waals surface area (Å²) in [7, 11) is 0. The molecular weight excluding hydrogens is 307 g/mol. The lowest BCUT2D eigenvalue weighted by molar-refractivity contribution is 0.347. The highest BCUT2D eigenvalue weighted by Crippen LogP contribution is 2.28. The maximum absolute atomic E-state index is 13.3. The first-order valence-corrected chi connectivity index (χ1v) is 7.57. The third-order valence-electron chi connectivity index (χ3n) is 4.08. The highest BCUT2D eigenvalue weighted by molar-refractivity contribution is 6.23. The molecule has 3 N–H and O–H groups in total. The van der Waals surface area contributed by atoms with Crippen LogP contribution in [0.15, 0.2) is 54.3 Å². The van der Waals surface area contributed by atoms with Gasteiger partial charge in [0.05, 0.1) is 23.2 Å². The van der Waals surface area contributed by atoms with Gasteiger partial charge in [-0.15, -0.1) is 0 Å². The number of hydrogen-bond donors (Lipinski definition) is 3. The molecule has 6 heteroatoms. The SMILES string of the molecule is N=C1C(c2nc3ccc(F)cc3[nH]2)=C(O)CN1Cc1ccccc1. The Balaban J connectivity index is 1.64. The fourth-order valence-electron chi connectivity index (χ4n) is 2.92. The second kappa shape index (κ2) is 5.49. The summed E-state index contributed by atoms with van der Waals surface area (Å²) in [5.74, 6) is 0.322. The molecule has 0 radical (unpaired) electrons. The van der Waals surface area contributed by atoms with Gasteiger partial charge in [-0.1, -0.05) is 30.3 Å². The number of nitrogens with zero attached hydrogens (tertiary/aromatic N) is 2. The number of fused-ring (bicyclic) bond motifs is 1. The molecular formula is C18H15FN4O. The van der Waals surface area contributed by atoms with Crippen molar-refractivity contribution >= 4 is 22.4 Å². The van der Waals surface area contributed by atoms with Gasteiger partial charge in [-0.25, -0.2) is 9.37 Å². The smallest absolute Gasteiger partial charge is 0.145 e. The summed E-state index contributed by atoms with van der Waals surface area (Å²) >= 11 is 0. The Bertz CT molecular complexity index is 962. The number of imidazole rings is 1. The van der Waals surface area contributed by atoms with E-state index in [4.69, 9.17) is 5.41 Å². The number of halogens is 1. The zero-order valence-electron chi connectivity index (χ0n) is 12.8. The van der Waals surface area contributed by atoms with Crippen molar-refractivity contribution in [1.82, 2.24) is 14.9 Å². The van der Waals surface area contributed by atoms with Crippen LogP contribution in [0.1, 0.15) is 11.4 Å². The molecule has 1 aliphatic heterocycles. The quantitative estimate of drug-likeness (QED) is 0.691. The fraction of sp³-hybridized carbons (Fsp3) is 0.111. The molecule has 0 spiro atoms. The van der Waals surface area contributed by atoms with Crippen LogP contribution < -0.4 is 0 Å². The van der Waals surface area contributed by atoms with Crippen molar-refractivity contribution in [2.75, 3.05) is 6.54 Å². The van der Waals surface area contributed by atoms with Gasteiger partial charge in [-0.2, -0.15) is 0 Å². The van der Waals surface area contributed by atoms with Crippen molar-refractivity contribution in [1.29, 1.82) is 5.41 Å². The molecule has 0 atom stereocenters. The van der Waals surface area contributed by atoms with E-state index >= 15 is 0 Å². The Hall–Kier alpha value is -3.15. The molecule has 0 bridgehead atoms. The largest absolute Gasteiger partial charge is 0.510 e. The number of H-pyrrole nitrogens is 1. The number of hydrogen-bond acceptors (Lipinski definition) is 3. The Morgan fingerprint density at radius 3 is 2.79 bits per heavy atom. The Labute approximate surface area is 137 Å². The summed E-state index contributed by atoms with van der Waals surface area (Å²) in [6.45, 7) is 0.788. The fourth-order valence-corrected chi connectivity index (χ4v) is 2.92. The van der Waals surface area contributed by atoms with Gasteiger partial charge in [-0.3, -0.25) is 5.41 Å². The van der Waals surface area contributed by atoms with E-state index in [1.165, 1.54) is 12.1 Å². The average Bonchev–Trinajstić information content (AvgIpc) is 3.08. The molecule has 0 amide bonds. The van der Waals surface area contributed by atoms with Gasteiger partial charge in [-0.05, 0) is 23.8 Å². The summed E-state index contributed by atoms with van der Waals surface area (Å²) in [6, 6.07) is 14.0. The standard InChI is InChI=1S/C18H15FN4O/c19-12-6-7-13-14(8-12)22-18(21-13)16-15(24)10-23(17(16)20)9-11-4-2-1-3-5-11/h1-8,20,24H,9-10H2,(H,21,22). The number of rotatable bonds is 3. The van der Waals surface area contributed by atoms with Gasteiger partial charge in [0.2, 0.25) is 0 Å². The molecule has 2 heterocycles. The molecule has 5 nitrogen and oxygen atoms in total. The first-order valence-electron chi connectivity index (χ1n) is 7.57. The third kappa shape index (κ3) is 2.42. The van der Waals surface area contributed by atoms with Crippen LogP contribution in [-0.2, 0) is 6.54 Å². The lowest BCUT2D eigenvalue weighted by Gasteiger charge is -2.18. The lowest BCUT2D eigenvalue weighted by atomic mass is 10.2. The molecule has 24 heavy (non-hydrogen) atoms. The number of aliphatic hydroxyl groups is 1. The van der Waals surface area contributed by atoms with Crippen molar-refractivity contribution in [3.05, 3.63) is 71.5 Å². The predicted octanol–water partition coefficient (Wildman–Crippen LogP) is 3.46. The van der Waals surface area contributed by atoms with Gasteiger partial charge in [0, 0.05) is 6.54 Å². The summed E-state index contributed by atoms with van der Waals surface area (Å²) in [4.78, 5) is 9.13. The first kappa shape index (κ1) is 14.4. The summed E-state index contributed by atoms with van der Waals surface area (Å²) in [5.41, 5.74) is 2.56. The van der Waals surface area contributed by atoms with E-state index in [2.05, 4.69) is 9.97 Å². The van der Waals surface area contributed by atoms with Crippen molar-refractivity contribution in [3.8, 4) is 0 Å². The summed E-state index contributed by atoms with van der Waals surface area (Å²) < 4.78 is 13.3. The number of amidine groups is 1. The monoisotopic (exact) mass is 322 g/mol. The van der Waals surface area contributed by atoms with Gasteiger partial charge in [0.15, 0.2) is 0 Å². The minimum absolute atomic E-state index is 0.0930. The van der Waals surface area contributed by atoms with Gasteiger partial charge >= 0.3 is 0 Å². The molecule has 3 aromatic rings. The van der Waals surface area contributed by atoms with Crippen LogP contribution in [-0.4, -0.2) is 32.4 Å². The van der Waals surface area contributed by atoms with Crippen LogP contribution in [0.2, 0.25) is 0 Å². The number of nitrogens with one attached hydrogen (secondary N) is 2. The highest BCUT2D eigenvalue weighted by Gasteiger charge is 2.30. The topological polar surface area (TPSA) is 76.0 Å². The molecule has 120 valence electrons. The normalized spacial score (nSPS) is 14.9. The van der Waals surface area contributed by atoms with E-state index in [1.54, 1.807) is 11.0 Å². The van der Waals surface area contributed by atoms with Crippen LogP contribution in [0.3, 0.4) is 0 Å². The number of aromatic amines is 1. The molecule has 4 rings (SSSR count). The Morgan fingerprint density at radius 2 is 2.00 bits per heavy atom. The van der Waals surface area contributed by atoms with Gasteiger partial charge < -0.3 is 15.0 Å². The van der Waals surface area contributed by atoms with Crippen LogP contribution in [0.25, 0.3) is 16.6 Å². The lowest BCUT2D eigenvalue weighted by Crippen LogP contribution is -2.26. The number of benzene rings is 2. The maximum atomic E-state index is 13.3. The van der Waals surface area contributed by atoms with E-state index < -0.39 is 0 Å². The Kier molecular flexibility index (Phi) is 3.30. The van der Waals surface area contributed by atoms with Gasteiger partial charge in [0.1, 0.15) is 23.2 Å². The van der Waals surface area contributed by atoms with Crippen molar-refractivity contribution in [2.45, 2.75) is 6.54 Å². The number of aromatic nitrogens is 2. The van der Waals surface area contributed by atoms with Crippen molar-refractivity contribution in [3.63, 3.8) is 0 Å². The second-order valence-corrected chi connectivity index (χ2v) is 5.76. The van der Waals surface area contributed by atoms with E-state index in [-0.39, 0.29) is 24.0 Å². The molecule has 0 unspecified atom stereocenters. The Morgan fingerprint density at radius 1 is 1.21 bits per heavy atom. The van der Waals surface area contributed by atoms with Gasteiger partial charge in [0.25, 0.3) is 0 Å². The van der Waals surface area contributed by atoms with E-state index in [0.29, 0.717) is 29.0 Å². The molecule has 2 aromatic carbocycles. The molecule has 0 saturated heterocycles. The minimum atomic E-state index is -0.358. The maximum Gasteiger partial charge on any atom is 0.145 e. The van der Waals surface area contributed by atoms with Crippen LogP contribution >= 0.6 is 0 Å². The molecule has 0 fully saturated rings. The van der Waals surface area contributed by atoms with E-state index in [9.17, 15) is 9.50 Å². The predicted molar refractivity (Wildman–Crippen MR) is 90.2 cm³/mol. The van der Waals surface area contributed by atoms with Crippen LogP contribution in [0.5, 0.6) is 0 Å². The summed E-state index contributed by atoms with van der Waals surface area (Å²) in [5, 5.41) is 18.7. The average molecular weight is 322 g/mol. The minimum Gasteiger partial charge on any atom is -0.510 e. The zero-order chi connectivity index (χ0) is 16.7.